The van der Waals surface area contributed by atoms with E-state index in [-0.39, 0.29) is 0 Å². The number of hydrogen-bond acceptors (Lipinski definition) is 8. The minimum atomic E-state index is 0.728. The van der Waals surface area contributed by atoms with E-state index in [4.69, 9.17) is 5.73 Å². The second-order valence-electron chi connectivity index (χ2n) is 6.83. The van der Waals surface area contributed by atoms with E-state index in [1.165, 1.54) is 0 Å². The number of rotatable bonds is 5. The average Bonchev–Trinajstić information content (AvgIpc) is 3.16. The fourth-order valence-corrected chi connectivity index (χ4v) is 4.08. The Morgan fingerprint density at radius 3 is 2.64 bits per heavy atom. The number of nitrogens with zero attached hydrogens (tertiary/aromatic N) is 5. The lowest BCUT2D eigenvalue weighted by atomic mass is 10.1. The van der Waals surface area contributed by atoms with Crippen LogP contribution in [0.25, 0.3) is 11.3 Å². The Balaban J connectivity index is 1.51. The monoisotopic (exact) mass is 395 g/mol. The molecule has 2 aromatic heterocycles. The number of aromatic nitrogens is 3. The van der Waals surface area contributed by atoms with Crippen LogP contribution < -0.4 is 16.0 Å². The largest absolute Gasteiger partial charge is 0.398 e. The molecule has 0 unspecified atom stereocenters. The first kappa shape index (κ1) is 18.6. The van der Waals surface area contributed by atoms with Gasteiger partial charge in [-0.3, -0.25) is 0 Å². The van der Waals surface area contributed by atoms with E-state index < -0.39 is 0 Å². The SMILES string of the molecule is CCN1CCN(c2cc(Nc3nc(-c4ccccc4N)cs3)nc(C)n2)CC1. The third kappa shape index (κ3) is 4.07. The molecule has 1 saturated heterocycles. The van der Waals surface area contributed by atoms with Gasteiger partial charge in [0, 0.05) is 48.9 Å². The minimum absolute atomic E-state index is 0.728. The molecule has 0 spiro atoms. The molecule has 1 aliphatic rings. The molecule has 4 rings (SSSR count). The lowest BCUT2D eigenvalue weighted by Crippen LogP contribution is -2.46. The highest BCUT2D eigenvalue weighted by molar-refractivity contribution is 7.14. The minimum Gasteiger partial charge on any atom is -0.398 e. The first-order valence-electron chi connectivity index (χ1n) is 9.53. The number of thiazole rings is 1. The molecule has 1 fully saturated rings. The number of aryl methyl sites for hydroxylation is 1. The summed E-state index contributed by atoms with van der Waals surface area (Å²) in [7, 11) is 0. The number of hydrogen-bond donors (Lipinski definition) is 2. The van der Waals surface area contributed by atoms with Crippen molar-refractivity contribution >= 4 is 33.8 Å². The molecule has 0 radical (unpaired) electrons. The smallest absolute Gasteiger partial charge is 0.188 e. The number of nitrogens with two attached hydrogens (primary N) is 1. The molecular weight excluding hydrogens is 370 g/mol. The maximum absolute atomic E-state index is 6.07. The maximum Gasteiger partial charge on any atom is 0.188 e. The Bertz CT molecular complexity index is 947. The van der Waals surface area contributed by atoms with Gasteiger partial charge in [0.1, 0.15) is 17.5 Å². The molecule has 8 heteroatoms. The van der Waals surface area contributed by atoms with Crippen LogP contribution in [-0.2, 0) is 0 Å². The van der Waals surface area contributed by atoms with Gasteiger partial charge in [0.05, 0.1) is 5.69 Å². The summed E-state index contributed by atoms with van der Waals surface area (Å²) in [6.45, 7) is 9.33. The second kappa shape index (κ2) is 8.12. The first-order valence-corrected chi connectivity index (χ1v) is 10.4. The molecule has 0 saturated carbocycles. The van der Waals surface area contributed by atoms with Gasteiger partial charge in [0.15, 0.2) is 5.13 Å². The van der Waals surface area contributed by atoms with Crippen LogP contribution >= 0.6 is 11.3 Å². The van der Waals surface area contributed by atoms with Crippen LogP contribution in [0.3, 0.4) is 0 Å². The van der Waals surface area contributed by atoms with Crippen molar-refractivity contribution in [2.45, 2.75) is 13.8 Å². The van der Waals surface area contributed by atoms with Crippen molar-refractivity contribution in [2.24, 2.45) is 0 Å². The third-order valence-corrected chi connectivity index (χ3v) is 5.70. The summed E-state index contributed by atoms with van der Waals surface area (Å²) in [5.74, 6) is 2.49. The molecule has 3 N–H and O–H groups in total. The summed E-state index contributed by atoms with van der Waals surface area (Å²) >= 11 is 1.54. The number of nitrogen functional groups attached to an aromatic ring is 1. The van der Waals surface area contributed by atoms with Crippen LogP contribution in [-0.4, -0.2) is 52.6 Å². The van der Waals surface area contributed by atoms with E-state index in [9.17, 15) is 0 Å². The zero-order valence-corrected chi connectivity index (χ0v) is 17.0. The van der Waals surface area contributed by atoms with Gasteiger partial charge in [0.2, 0.25) is 0 Å². The van der Waals surface area contributed by atoms with Crippen LogP contribution in [0.4, 0.5) is 22.5 Å². The topological polar surface area (TPSA) is 83.2 Å². The summed E-state index contributed by atoms with van der Waals surface area (Å²) in [4.78, 5) is 18.6. The van der Waals surface area contributed by atoms with E-state index in [1.54, 1.807) is 11.3 Å². The summed E-state index contributed by atoms with van der Waals surface area (Å²) < 4.78 is 0. The van der Waals surface area contributed by atoms with Crippen LogP contribution in [0.2, 0.25) is 0 Å². The number of likely N-dealkylation sites (N-methyl/N-ethyl adjacent to an activating group) is 1. The van der Waals surface area contributed by atoms with Gasteiger partial charge in [0.25, 0.3) is 0 Å². The first-order chi connectivity index (χ1) is 13.6. The number of anilines is 4. The van der Waals surface area contributed by atoms with Gasteiger partial charge >= 0.3 is 0 Å². The van der Waals surface area contributed by atoms with Crippen molar-refractivity contribution in [3.8, 4) is 11.3 Å². The standard InChI is InChI=1S/C20H25N7S/c1-3-26-8-10-27(11-9-26)19-12-18(22-14(2)23-19)25-20-24-17(13-28-20)15-6-4-5-7-16(15)21/h4-7,12-13H,3,8-11,21H2,1-2H3,(H,22,23,24,25). The quantitative estimate of drug-likeness (QED) is 0.641. The van der Waals surface area contributed by atoms with Crippen LogP contribution in [0, 0.1) is 6.92 Å². The van der Waals surface area contributed by atoms with Crippen LogP contribution in [0.1, 0.15) is 12.7 Å². The normalized spacial score (nSPS) is 15.0. The molecule has 28 heavy (non-hydrogen) atoms. The fourth-order valence-electron chi connectivity index (χ4n) is 3.37. The Hall–Kier alpha value is -2.71. The van der Waals surface area contributed by atoms with Gasteiger partial charge in [-0.2, -0.15) is 0 Å². The van der Waals surface area contributed by atoms with E-state index in [1.807, 2.05) is 42.6 Å². The lowest BCUT2D eigenvalue weighted by molar-refractivity contribution is 0.270. The number of nitrogens with one attached hydrogen (secondary N) is 1. The fraction of sp³-hybridized carbons (Fsp3) is 0.350. The molecule has 0 amide bonds. The van der Waals surface area contributed by atoms with Gasteiger partial charge in [-0.1, -0.05) is 25.1 Å². The van der Waals surface area contributed by atoms with Crippen molar-refractivity contribution in [3.63, 3.8) is 0 Å². The second-order valence-corrected chi connectivity index (χ2v) is 7.69. The Morgan fingerprint density at radius 1 is 1.11 bits per heavy atom. The summed E-state index contributed by atoms with van der Waals surface area (Å²) in [6.07, 6.45) is 0. The molecule has 0 aliphatic carbocycles. The highest BCUT2D eigenvalue weighted by atomic mass is 32.1. The van der Waals surface area contributed by atoms with E-state index in [0.29, 0.717) is 0 Å². The predicted octanol–water partition coefficient (Wildman–Crippen LogP) is 3.38. The molecule has 0 bridgehead atoms. The van der Waals surface area contributed by atoms with Crippen LogP contribution in [0.15, 0.2) is 35.7 Å². The molecule has 146 valence electrons. The van der Waals surface area contributed by atoms with E-state index >= 15 is 0 Å². The Labute approximate surface area is 169 Å². The van der Waals surface area contributed by atoms with Crippen LogP contribution in [0.5, 0.6) is 0 Å². The molecule has 1 aromatic carbocycles. The number of piperazine rings is 1. The highest BCUT2D eigenvalue weighted by Crippen LogP contribution is 2.30. The van der Waals surface area contributed by atoms with E-state index in [0.717, 1.165) is 72.3 Å². The van der Waals surface area contributed by atoms with Crippen molar-refractivity contribution in [3.05, 3.63) is 41.5 Å². The van der Waals surface area contributed by atoms with Gasteiger partial charge in [-0.25, -0.2) is 15.0 Å². The summed E-state index contributed by atoms with van der Waals surface area (Å²) in [5.41, 5.74) is 8.61. The molecule has 0 atom stereocenters. The average molecular weight is 396 g/mol. The maximum atomic E-state index is 6.07. The van der Waals surface area contributed by atoms with Crippen molar-refractivity contribution in [2.75, 3.05) is 48.7 Å². The van der Waals surface area contributed by atoms with Crippen molar-refractivity contribution in [1.29, 1.82) is 0 Å². The zero-order chi connectivity index (χ0) is 19.5. The molecule has 3 aromatic rings. The molecule has 3 heterocycles. The number of benzene rings is 1. The number of para-hydroxylation sites is 1. The molecule has 7 nitrogen and oxygen atoms in total. The predicted molar refractivity (Wildman–Crippen MR) is 116 cm³/mol. The lowest BCUT2D eigenvalue weighted by Gasteiger charge is -2.34. The summed E-state index contributed by atoms with van der Waals surface area (Å²) in [6, 6.07) is 9.77. The summed E-state index contributed by atoms with van der Waals surface area (Å²) in [5, 5.41) is 6.13. The highest BCUT2D eigenvalue weighted by Gasteiger charge is 2.18. The van der Waals surface area contributed by atoms with Gasteiger partial charge in [-0.05, 0) is 19.5 Å². The molecule has 1 aliphatic heterocycles. The van der Waals surface area contributed by atoms with E-state index in [2.05, 4.69) is 37.0 Å². The Kier molecular flexibility index (Phi) is 5.40. The van der Waals surface area contributed by atoms with Gasteiger partial charge in [-0.15, -0.1) is 11.3 Å². The Morgan fingerprint density at radius 2 is 1.89 bits per heavy atom. The zero-order valence-electron chi connectivity index (χ0n) is 16.2. The van der Waals surface area contributed by atoms with Crippen molar-refractivity contribution < 1.29 is 0 Å². The van der Waals surface area contributed by atoms with Crippen molar-refractivity contribution in [1.82, 2.24) is 19.9 Å². The van der Waals surface area contributed by atoms with Gasteiger partial charge < -0.3 is 20.9 Å². The molecular formula is C20H25N7S. The third-order valence-electron chi connectivity index (χ3n) is 4.94.